The van der Waals surface area contributed by atoms with Crippen molar-refractivity contribution >= 4 is 5.91 Å². The van der Waals surface area contributed by atoms with Gasteiger partial charge >= 0.3 is 6.18 Å². The Hall–Kier alpha value is -0.780. The van der Waals surface area contributed by atoms with E-state index in [1.807, 2.05) is 13.8 Å². The lowest BCUT2D eigenvalue weighted by atomic mass is 9.80. The normalized spacial score (nSPS) is 23.9. The van der Waals surface area contributed by atoms with Crippen LogP contribution in [0.5, 0.6) is 0 Å². The summed E-state index contributed by atoms with van der Waals surface area (Å²) >= 11 is 0. The zero-order valence-corrected chi connectivity index (χ0v) is 12.1. The molecule has 0 spiro atoms. The molecule has 1 fully saturated rings. The van der Waals surface area contributed by atoms with Gasteiger partial charge in [-0.05, 0) is 39.5 Å². The molecule has 0 heterocycles. The van der Waals surface area contributed by atoms with E-state index in [0.717, 1.165) is 0 Å². The fraction of sp³-hybridized carbons (Fsp3) is 0.929. The summed E-state index contributed by atoms with van der Waals surface area (Å²) in [6, 6.07) is -0.0553. The minimum atomic E-state index is -4.20. The number of halogens is 3. The Bertz CT molecular complexity index is 318. The highest BCUT2D eigenvalue weighted by Crippen LogP contribution is 2.40. The van der Waals surface area contributed by atoms with Gasteiger partial charge < -0.3 is 10.0 Å². The maximum atomic E-state index is 12.8. The fourth-order valence-corrected chi connectivity index (χ4v) is 2.81. The molecule has 0 aromatic carbocycles. The van der Waals surface area contributed by atoms with E-state index in [1.54, 1.807) is 4.90 Å². The highest BCUT2D eigenvalue weighted by molar-refractivity contribution is 5.79. The van der Waals surface area contributed by atoms with Crippen LogP contribution in [-0.4, -0.2) is 41.3 Å². The first-order valence-corrected chi connectivity index (χ1v) is 7.25. The number of alkyl halides is 3. The van der Waals surface area contributed by atoms with Crippen molar-refractivity contribution < 1.29 is 23.1 Å². The number of nitrogens with zero attached hydrogens (tertiary/aromatic N) is 1. The van der Waals surface area contributed by atoms with E-state index in [9.17, 15) is 18.0 Å². The first kappa shape index (κ1) is 17.3. The summed E-state index contributed by atoms with van der Waals surface area (Å²) in [6.07, 6.45) is -2.72. The second kappa shape index (κ2) is 7.29. The van der Waals surface area contributed by atoms with Gasteiger partial charge in [-0.15, -0.1) is 0 Å². The molecule has 2 unspecified atom stereocenters. The number of carbonyl (C=O) groups excluding carboxylic acids is 1. The van der Waals surface area contributed by atoms with Gasteiger partial charge in [0.2, 0.25) is 5.91 Å². The Kier molecular flexibility index (Phi) is 6.30. The number of hydrogen-bond donors (Lipinski definition) is 1. The largest absolute Gasteiger partial charge is 0.396 e. The van der Waals surface area contributed by atoms with Crippen molar-refractivity contribution in [2.24, 2.45) is 11.8 Å². The third-order valence-corrected chi connectivity index (χ3v) is 3.95. The molecule has 1 N–H and O–H groups in total. The number of carbonyl (C=O) groups is 1. The van der Waals surface area contributed by atoms with Gasteiger partial charge in [-0.3, -0.25) is 4.79 Å². The van der Waals surface area contributed by atoms with Crippen molar-refractivity contribution in [2.45, 2.75) is 58.2 Å². The summed E-state index contributed by atoms with van der Waals surface area (Å²) in [6.45, 7) is 4.07. The highest BCUT2D eigenvalue weighted by Gasteiger charge is 2.44. The van der Waals surface area contributed by atoms with Crippen molar-refractivity contribution in [2.75, 3.05) is 13.2 Å². The van der Waals surface area contributed by atoms with E-state index in [2.05, 4.69) is 0 Å². The number of hydrogen-bond acceptors (Lipinski definition) is 2. The Labute approximate surface area is 118 Å². The van der Waals surface area contributed by atoms with Gasteiger partial charge in [0.1, 0.15) is 0 Å². The lowest BCUT2D eigenvalue weighted by Gasteiger charge is -2.35. The summed E-state index contributed by atoms with van der Waals surface area (Å²) in [4.78, 5) is 14.0. The molecule has 6 heteroatoms. The summed E-state index contributed by atoms with van der Waals surface area (Å²) in [5, 5.41) is 8.85. The first-order chi connectivity index (χ1) is 9.27. The Morgan fingerprint density at radius 3 is 2.50 bits per heavy atom. The van der Waals surface area contributed by atoms with Gasteiger partial charge in [0.05, 0.1) is 5.92 Å². The lowest BCUT2D eigenvalue weighted by molar-refractivity contribution is -0.187. The first-order valence-electron chi connectivity index (χ1n) is 7.25. The molecule has 1 saturated carbocycles. The fourth-order valence-electron chi connectivity index (χ4n) is 2.81. The van der Waals surface area contributed by atoms with Crippen molar-refractivity contribution in [3.8, 4) is 0 Å². The van der Waals surface area contributed by atoms with Gasteiger partial charge in [0.15, 0.2) is 0 Å². The molecular weight excluding hydrogens is 271 g/mol. The second-order valence-corrected chi connectivity index (χ2v) is 5.80. The number of amides is 1. The molecule has 0 aromatic heterocycles. The van der Waals surface area contributed by atoms with Crippen LogP contribution in [0.4, 0.5) is 13.2 Å². The van der Waals surface area contributed by atoms with E-state index in [0.29, 0.717) is 25.8 Å². The molecule has 1 rings (SSSR count). The Morgan fingerprint density at radius 1 is 1.35 bits per heavy atom. The molecule has 0 bridgehead atoms. The summed E-state index contributed by atoms with van der Waals surface area (Å²) in [7, 11) is 0. The molecule has 1 aliphatic carbocycles. The van der Waals surface area contributed by atoms with Crippen LogP contribution in [0.15, 0.2) is 0 Å². The maximum absolute atomic E-state index is 12.8. The number of aliphatic hydroxyl groups is 1. The summed E-state index contributed by atoms with van der Waals surface area (Å²) < 4.78 is 38.3. The predicted molar refractivity (Wildman–Crippen MR) is 70.1 cm³/mol. The smallest absolute Gasteiger partial charge is 0.391 e. The monoisotopic (exact) mass is 295 g/mol. The van der Waals surface area contributed by atoms with Crippen LogP contribution in [0.3, 0.4) is 0 Å². The van der Waals surface area contributed by atoms with E-state index in [-0.39, 0.29) is 31.4 Å². The van der Waals surface area contributed by atoms with Crippen molar-refractivity contribution in [3.05, 3.63) is 0 Å². The molecule has 0 radical (unpaired) electrons. The molecule has 0 aliphatic heterocycles. The molecule has 3 nitrogen and oxygen atoms in total. The van der Waals surface area contributed by atoms with Gasteiger partial charge in [-0.25, -0.2) is 0 Å². The molecule has 0 aromatic rings. The molecule has 2 atom stereocenters. The zero-order valence-electron chi connectivity index (χ0n) is 12.1. The van der Waals surface area contributed by atoms with Crippen molar-refractivity contribution in [1.29, 1.82) is 0 Å². The quantitative estimate of drug-likeness (QED) is 0.847. The van der Waals surface area contributed by atoms with Crippen LogP contribution in [-0.2, 0) is 4.79 Å². The van der Waals surface area contributed by atoms with Crippen LogP contribution in [0.25, 0.3) is 0 Å². The van der Waals surface area contributed by atoms with E-state index >= 15 is 0 Å². The number of rotatable bonds is 5. The van der Waals surface area contributed by atoms with E-state index in [1.165, 1.54) is 0 Å². The lowest BCUT2D eigenvalue weighted by Crippen LogP contribution is -2.44. The van der Waals surface area contributed by atoms with Crippen LogP contribution >= 0.6 is 0 Å². The maximum Gasteiger partial charge on any atom is 0.391 e. The average molecular weight is 295 g/mol. The van der Waals surface area contributed by atoms with E-state index < -0.39 is 18.0 Å². The van der Waals surface area contributed by atoms with Crippen LogP contribution < -0.4 is 0 Å². The average Bonchev–Trinajstić information content (AvgIpc) is 2.37. The van der Waals surface area contributed by atoms with Gasteiger partial charge in [-0.2, -0.15) is 13.2 Å². The van der Waals surface area contributed by atoms with Crippen LogP contribution in [0.2, 0.25) is 0 Å². The van der Waals surface area contributed by atoms with Crippen LogP contribution in [0.1, 0.15) is 46.0 Å². The number of aliphatic hydroxyl groups excluding tert-OH is 1. The van der Waals surface area contributed by atoms with E-state index in [4.69, 9.17) is 5.11 Å². The molecule has 1 aliphatic rings. The molecular formula is C14H24F3NO2. The Morgan fingerprint density at radius 2 is 2.00 bits per heavy atom. The van der Waals surface area contributed by atoms with Gasteiger partial charge in [0.25, 0.3) is 0 Å². The van der Waals surface area contributed by atoms with Crippen molar-refractivity contribution in [3.63, 3.8) is 0 Å². The minimum absolute atomic E-state index is 0.0215. The second-order valence-electron chi connectivity index (χ2n) is 5.80. The van der Waals surface area contributed by atoms with Gasteiger partial charge in [-0.1, -0.05) is 6.42 Å². The van der Waals surface area contributed by atoms with Crippen molar-refractivity contribution in [1.82, 2.24) is 4.90 Å². The summed E-state index contributed by atoms with van der Waals surface area (Å²) in [5.74, 6) is -2.07. The summed E-state index contributed by atoms with van der Waals surface area (Å²) in [5.41, 5.74) is 0. The van der Waals surface area contributed by atoms with Gasteiger partial charge in [0, 0.05) is 25.1 Å². The third kappa shape index (κ3) is 4.65. The minimum Gasteiger partial charge on any atom is -0.396 e. The standard InChI is InChI=1S/C14H24F3NO2/c1-10(2)18(7-4-8-19)13(20)11-5-3-6-12(9-11)14(15,16)17/h10-12,19H,3-9H2,1-2H3. The molecule has 0 saturated heterocycles. The molecule has 118 valence electrons. The topological polar surface area (TPSA) is 40.5 Å². The third-order valence-electron chi connectivity index (χ3n) is 3.95. The molecule has 20 heavy (non-hydrogen) atoms. The highest BCUT2D eigenvalue weighted by atomic mass is 19.4. The predicted octanol–water partition coefficient (Wildman–Crippen LogP) is 2.97. The Balaban J connectivity index is 2.68. The molecule has 1 amide bonds. The zero-order chi connectivity index (χ0) is 15.3. The SMILES string of the molecule is CC(C)N(CCCO)C(=O)C1CCCC(C(F)(F)F)C1. The van der Waals surface area contributed by atoms with Crippen LogP contribution in [0, 0.1) is 11.8 Å².